The minimum atomic E-state index is -3.40. The van der Waals surface area contributed by atoms with Crippen LogP contribution in [0, 0.1) is 11.3 Å². The van der Waals surface area contributed by atoms with Crippen LogP contribution in [0.2, 0.25) is 0 Å². The molecule has 2 aliphatic carbocycles. The van der Waals surface area contributed by atoms with Gasteiger partial charge in [-0.25, -0.2) is 13.2 Å². The number of morpholine rings is 1. The van der Waals surface area contributed by atoms with Crippen LogP contribution in [0.4, 0.5) is 11.4 Å². The summed E-state index contributed by atoms with van der Waals surface area (Å²) in [5.41, 5.74) is 8.03. The summed E-state index contributed by atoms with van der Waals surface area (Å²) < 4.78 is 37.3. The maximum Gasteiger partial charge on any atom is 0.335 e. The fraction of sp³-hybridized carbons (Fsp3) is 0.525. The van der Waals surface area contributed by atoms with Crippen molar-refractivity contribution in [2.45, 2.75) is 57.0 Å². The lowest BCUT2D eigenvalue weighted by molar-refractivity contribution is -0.132. The third kappa shape index (κ3) is 7.04. The topological polar surface area (TPSA) is 103 Å². The highest BCUT2D eigenvalue weighted by Gasteiger charge is 2.50. The third-order valence-corrected chi connectivity index (χ3v) is 12.6. The molecule has 2 aromatic rings. The van der Waals surface area contributed by atoms with Crippen LogP contribution < -0.4 is 14.5 Å². The second-order valence-electron chi connectivity index (χ2n) is 15.2. The highest BCUT2D eigenvalue weighted by Crippen LogP contribution is 2.60. The first kappa shape index (κ1) is 35.6. The second kappa shape index (κ2) is 14.3. The molecule has 3 aliphatic heterocycles. The van der Waals surface area contributed by atoms with Gasteiger partial charge in [0.2, 0.25) is 0 Å². The van der Waals surface area contributed by atoms with Crippen molar-refractivity contribution in [1.82, 2.24) is 9.80 Å². The number of sulfone groups is 1. The number of rotatable bonds is 10. The molecule has 1 saturated carbocycles. The van der Waals surface area contributed by atoms with E-state index < -0.39 is 15.8 Å². The molecule has 51 heavy (non-hydrogen) atoms. The molecular formula is C40H52N4O6S. The van der Waals surface area contributed by atoms with Crippen LogP contribution in [-0.4, -0.2) is 102 Å². The van der Waals surface area contributed by atoms with Gasteiger partial charge in [-0.2, -0.15) is 0 Å². The van der Waals surface area contributed by atoms with E-state index in [1.807, 2.05) is 24.3 Å². The largest absolute Gasteiger partial charge is 0.489 e. The molecule has 2 fully saturated rings. The van der Waals surface area contributed by atoms with Crippen molar-refractivity contribution in [2.75, 3.05) is 82.6 Å². The number of carbonyl (C=O) groups is 1. The Hall–Kier alpha value is -3.80. The van der Waals surface area contributed by atoms with E-state index in [9.17, 15) is 18.3 Å². The van der Waals surface area contributed by atoms with E-state index in [4.69, 9.17) is 9.47 Å². The van der Waals surface area contributed by atoms with Crippen LogP contribution in [-0.2, 0) is 26.0 Å². The summed E-state index contributed by atoms with van der Waals surface area (Å²) in [6, 6.07) is 11.7. The Morgan fingerprint density at radius 1 is 1.02 bits per heavy atom. The first-order valence-electron chi connectivity index (χ1n) is 18.4. The van der Waals surface area contributed by atoms with E-state index in [0.717, 1.165) is 80.5 Å². The Morgan fingerprint density at radius 3 is 2.49 bits per heavy atom. The van der Waals surface area contributed by atoms with E-state index in [1.165, 1.54) is 42.4 Å². The first-order valence-corrected chi connectivity index (χ1v) is 20.3. The molecule has 10 nitrogen and oxygen atoms in total. The lowest BCUT2D eigenvalue weighted by atomic mass is 9.67. The summed E-state index contributed by atoms with van der Waals surface area (Å²) in [4.78, 5) is 21.8. The average Bonchev–Trinajstić information content (AvgIpc) is 3.27. The highest BCUT2D eigenvalue weighted by molar-refractivity contribution is 7.90. The van der Waals surface area contributed by atoms with Crippen molar-refractivity contribution in [3.63, 3.8) is 0 Å². The third-order valence-electron chi connectivity index (χ3n) is 11.5. The summed E-state index contributed by atoms with van der Waals surface area (Å²) >= 11 is 0. The lowest BCUT2D eigenvalue weighted by Crippen LogP contribution is -2.37. The van der Waals surface area contributed by atoms with E-state index in [1.54, 1.807) is 12.1 Å². The summed E-state index contributed by atoms with van der Waals surface area (Å²) in [5, 5.41) is 10.0. The molecule has 1 N–H and O–H groups in total. The standard InChI is InChI=1S/C40H52N4O6S/c1-40-15-14-29(39(45)46)25-36(40)44-19-18-42(17-16-41(2)3)35-26-31(10-12-33(35)38(44)37(40)28-8-6-5-7-9-28)50-27-30-24-32(51(4,47)48)11-13-34(30)43-20-22-49-23-21-43/h10-14,24-26,28H,5-9,15-23,27H2,1-4H3,(H,45,46). The molecule has 11 heteroatoms. The van der Waals surface area contributed by atoms with Crippen LogP contribution in [0.5, 0.6) is 5.75 Å². The van der Waals surface area contributed by atoms with E-state index in [2.05, 4.69) is 52.8 Å². The average molecular weight is 717 g/mol. The second-order valence-corrected chi connectivity index (χ2v) is 17.2. The Kier molecular flexibility index (Phi) is 9.99. The molecule has 0 bridgehead atoms. The molecule has 2 aromatic carbocycles. The molecule has 0 radical (unpaired) electrons. The molecule has 274 valence electrons. The van der Waals surface area contributed by atoms with Gasteiger partial charge in [-0.1, -0.05) is 25.3 Å². The van der Waals surface area contributed by atoms with Crippen molar-refractivity contribution in [2.24, 2.45) is 11.3 Å². The van der Waals surface area contributed by atoms with Crippen molar-refractivity contribution in [3.8, 4) is 5.75 Å². The number of hydrogen-bond acceptors (Lipinski definition) is 9. The summed E-state index contributed by atoms with van der Waals surface area (Å²) in [6.45, 7) is 8.53. The number of benzene rings is 2. The number of fused-ring (bicyclic) bond motifs is 5. The van der Waals surface area contributed by atoms with Gasteiger partial charge in [-0.3, -0.25) is 0 Å². The van der Waals surface area contributed by atoms with E-state index in [0.29, 0.717) is 31.1 Å². The number of carboxylic acids is 1. The van der Waals surface area contributed by atoms with Crippen LogP contribution in [0.1, 0.15) is 56.6 Å². The van der Waals surface area contributed by atoms with Gasteiger partial charge >= 0.3 is 5.97 Å². The van der Waals surface area contributed by atoms with Gasteiger partial charge in [0.1, 0.15) is 12.4 Å². The predicted octanol–water partition coefficient (Wildman–Crippen LogP) is 5.80. The Bertz CT molecular complexity index is 1870. The molecule has 1 saturated heterocycles. The normalized spacial score (nSPS) is 22.6. The van der Waals surface area contributed by atoms with Crippen molar-refractivity contribution < 1.29 is 27.8 Å². The van der Waals surface area contributed by atoms with Crippen molar-refractivity contribution in [3.05, 3.63) is 76.5 Å². The Balaban J connectivity index is 1.30. The number of carboxylic acid groups (broad SMARTS) is 1. The molecule has 7 rings (SSSR count). The maximum absolute atomic E-state index is 12.6. The zero-order valence-corrected chi connectivity index (χ0v) is 31.3. The van der Waals surface area contributed by atoms with Gasteiger partial charge in [-0.05, 0) is 88.2 Å². The van der Waals surface area contributed by atoms with E-state index in [-0.39, 0.29) is 16.9 Å². The van der Waals surface area contributed by atoms with Gasteiger partial charge in [0, 0.05) is 85.2 Å². The first-order chi connectivity index (χ1) is 24.4. The summed E-state index contributed by atoms with van der Waals surface area (Å²) in [6.07, 6.45) is 11.8. The number of likely N-dealkylation sites (N-methyl/N-ethyl adjacent to an activating group) is 1. The summed E-state index contributed by atoms with van der Waals surface area (Å²) in [5.74, 6) is 0.302. The lowest BCUT2D eigenvalue weighted by Gasteiger charge is -2.38. The van der Waals surface area contributed by atoms with Crippen LogP contribution in [0.15, 0.2) is 70.3 Å². The number of anilines is 2. The van der Waals surface area contributed by atoms with Gasteiger partial charge in [-0.15, -0.1) is 0 Å². The fourth-order valence-corrected chi connectivity index (χ4v) is 9.45. The van der Waals surface area contributed by atoms with Crippen LogP contribution in [0.25, 0.3) is 5.70 Å². The molecule has 0 aromatic heterocycles. The quantitative estimate of drug-likeness (QED) is 0.325. The molecule has 0 spiro atoms. The molecular weight excluding hydrogens is 665 g/mol. The predicted molar refractivity (Wildman–Crippen MR) is 201 cm³/mol. The smallest absolute Gasteiger partial charge is 0.335 e. The molecule has 3 heterocycles. The Morgan fingerprint density at radius 2 is 1.78 bits per heavy atom. The maximum atomic E-state index is 12.6. The minimum Gasteiger partial charge on any atom is -0.489 e. The van der Waals surface area contributed by atoms with Crippen molar-refractivity contribution in [1.29, 1.82) is 0 Å². The number of aliphatic carboxylic acids is 1. The van der Waals surface area contributed by atoms with Crippen LogP contribution >= 0.6 is 0 Å². The SMILES string of the molecule is CN(C)CCN1CCN2C3=CC(C(=O)O)=CCC3(C)C(C3CCCCC3)=C2c2ccc(OCc3cc(S(C)(=O)=O)ccc3N3CCOCC3)cc21. The van der Waals surface area contributed by atoms with Crippen LogP contribution in [0.3, 0.4) is 0 Å². The molecule has 0 amide bonds. The Labute approximate surface area is 302 Å². The monoisotopic (exact) mass is 716 g/mol. The van der Waals surface area contributed by atoms with Gasteiger partial charge in [0.15, 0.2) is 9.84 Å². The van der Waals surface area contributed by atoms with Gasteiger partial charge in [0.05, 0.1) is 29.4 Å². The zero-order valence-electron chi connectivity index (χ0n) is 30.5. The molecule has 5 aliphatic rings. The van der Waals surface area contributed by atoms with Gasteiger partial charge < -0.3 is 34.2 Å². The minimum absolute atomic E-state index is 0.225. The van der Waals surface area contributed by atoms with Gasteiger partial charge in [0.25, 0.3) is 0 Å². The fourth-order valence-electron chi connectivity index (χ4n) is 8.78. The zero-order chi connectivity index (χ0) is 35.9. The molecule has 1 unspecified atom stereocenters. The highest BCUT2D eigenvalue weighted by atomic mass is 32.2. The number of hydrogen-bond donors (Lipinski definition) is 1. The number of allylic oxidation sites excluding steroid dienone is 2. The molecule has 1 atom stereocenters. The van der Waals surface area contributed by atoms with Crippen molar-refractivity contribution >= 4 is 32.9 Å². The van der Waals surface area contributed by atoms with E-state index >= 15 is 0 Å². The summed E-state index contributed by atoms with van der Waals surface area (Å²) in [7, 11) is 0.786. The number of ether oxygens (including phenoxy) is 2. The number of nitrogens with zero attached hydrogens (tertiary/aromatic N) is 4.